The van der Waals surface area contributed by atoms with Crippen molar-refractivity contribution in [2.24, 2.45) is 0 Å². The minimum atomic E-state index is 0.975. The van der Waals surface area contributed by atoms with E-state index in [4.69, 9.17) is 0 Å². The van der Waals surface area contributed by atoms with E-state index in [1.54, 1.807) is 6.33 Å². The standard InChI is InChI=1S/C17H18N4/c1-2-3-8-21-9-7-17(20-21)15-6-4-5-14(10-15)16-11-18-13-19-12-16/h4-7,9-13H,2-3,8H2,1H3. The summed E-state index contributed by atoms with van der Waals surface area (Å²) in [5.74, 6) is 0. The lowest BCUT2D eigenvalue weighted by Crippen LogP contribution is -1.98. The molecule has 4 heteroatoms. The second-order valence-electron chi connectivity index (χ2n) is 5.03. The maximum absolute atomic E-state index is 4.64. The fraction of sp³-hybridized carbons (Fsp3) is 0.235. The second-order valence-corrected chi connectivity index (χ2v) is 5.03. The van der Waals surface area contributed by atoms with E-state index in [2.05, 4.69) is 46.3 Å². The first kappa shape index (κ1) is 13.5. The van der Waals surface area contributed by atoms with E-state index in [0.29, 0.717) is 0 Å². The van der Waals surface area contributed by atoms with E-state index in [-0.39, 0.29) is 0 Å². The van der Waals surface area contributed by atoms with Gasteiger partial charge in [-0.2, -0.15) is 5.10 Å². The monoisotopic (exact) mass is 278 g/mol. The number of rotatable bonds is 5. The number of benzene rings is 1. The van der Waals surface area contributed by atoms with Gasteiger partial charge in [0.1, 0.15) is 6.33 Å². The summed E-state index contributed by atoms with van der Waals surface area (Å²) in [6.45, 7) is 3.17. The first-order valence-corrected chi connectivity index (χ1v) is 7.26. The smallest absolute Gasteiger partial charge is 0.115 e. The van der Waals surface area contributed by atoms with E-state index >= 15 is 0 Å². The Hall–Kier alpha value is -2.49. The molecule has 0 saturated heterocycles. The Morgan fingerprint density at radius 1 is 1.00 bits per heavy atom. The highest BCUT2D eigenvalue weighted by molar-refractivity contribution is 5.70. The molecule has 0 bridgehead atoms. The van der Waals surface area contributed by atoms with Gasteiger partial charge in [-0.15, -0.1) is 0 Å². The Labute approximate surface area is 124 Å². The zero-order valence-electron chi connectivity index (χ0n) is 12.1. The molecule has 1 aromatic carbocycles. The SMILES string of the molecule is CCCCn1ccc(-c2cccc(-c3cncnc3)c2)n1. The van der Waals surface area contributed by atoms with Crippen LogP contribution in [0.1, 0.15) is 19.8 Å². The van der Waals surface area contributed by atoms with Crippen LogP contribution in [0, 0.1) is 0 Å². The van der Waals surface area contributed by atoms with Crippen molar-refractivity contribution in [1.82, 2.24) is 19.7 Å². The van der Waals surface area contributed by atoms with E-state index in [9.17, 15) is 0 Å². The molecule has 106 valence electrons. The van der Waals surface area contributed by atoms with E-state index in [1.807, 2.05) is 29.3 Å². The van der Waals surface area contributed by atoms with Crippen LogP contribution >= 0.6 is 0 Å². The third kappa shape index (κ3) is 3.16. The largest absolute Gasteiger partial charge is 0.272 e. The van der Waals surface area contributed by atoms with Crippen LogP contribution in [0.3, 0.4) is 0 Å². The average molecular weight is 278 g/mol. The lowest BCUT2D eigenvalue weighted by Gasteiger charge is -2.03. The summed E-state index contributed by atoms with van der Waals surface area (Å²) in [6.07, 6.45) is 9.57. The van der Waals surface area contributed by atoms with Crippen molar-refractivity contribution in [3.05, 3.63) is 55.2 Å². The van der Waals surface area contributed by atoms with Crippen LogP contribution in [0.15, 0.2) is 55.2 Å². The minimum Gasteiger partial charge on any atom is -0.272 e. The van der Waals surface area contributed by atoms with Crippen LogP contribution in [0.5, 0.6) is 0 Å². The van der Waals surface area contributed by atoms with Gasteiger partial charge in [-0.1, -0.05) is 31.5 Å². The fourth-order valence-electron chi connectivity index (χ4n) is 2.27. The molecule has 2 heterocycles. The molecular formula is C17H18N4. The molecule has 3 rings (SSSR count). The Morgan fingerprint density at radius 2 is 1.81 bits per heavy atom. The van der Waals surface area contributed by atoms with Crippen LogP contribution in [0.4, 0.5) is 0 Å². The van der Waals surface area contributed by atoms with Gasteiger partial charge < -0.3 is 0 Å². The predicted octanol–water partition coefficient (Wildman–Crippen LogP) is 3.81. The molecule has 0 saturated carbocycles. The maximum atomic E-state index is 4.64. The molecule has 4 nitrogen and oxygen atoms in total. The molecule has 0 spiro atoms. The Morgan fingerprint density at radius 3 is 2.62 bits per heavy atom. The number of hydrogen-bond donors (Lipinski definition) is 0. The molecule has 21 heavy (non-hydrogen) atoms. The number of nitrogens with zero attached hydrogens (tertiary/aromatic N) is 4. The third-order valence-corrected chi connectivity index (χ3v) is 3.43. The first-order chi connectivity index (χ1) is 10.4. The number of aromatic nitrogens is 4. The molecule has 2 aromatic heterocycles. The highest BCUT2D eigenvalue weighted by Crippen LogP contribution is 2.24. The van der Waals surface area contributed by atoms with E-state index in [0.717, 1.165) is 35.3 Å². The summed E-state index contributed by atoms with van der Waals surface area (Å²) in [5.41, 5.74) is 4.25. The van der Waals surface area contributed by atoms with Crippen molar-refractivity contribution < 1.29 is 0 Å². The van der Waals surface area contributed by atoms with Crippen molar-refractivity contribution in [2.75, 3.05) is 0 Å². The van der Waals surface area contributed by atoms with Gasteiger partial charge in [-0.05, 0) is 24.1 Å². The van der Waals surface area contributed by atoms with Crippen molar-refractivity contribution in [3.8, 4) is 22.4 Å². The quantitative estimate of drug-likeness (QED) is 0.713. The normalized spacial score (nSPS) is 10.7. The van der Waals surface area contributed by atoms with Crippen molar-refractivity contribution in [1.29, 1.82) is 0 Å². The van der Waals surface area contributed by atoms with Crippen LogP contribution in [0.25, 0.3) is 22.4 Å². The van der Waals surface area contributed by atoms with Gasteiger partial charge in [-0.25, -0.2) is 9.97 Å². The summed E-state index contributed by atoms with van der Waals surface area (Å²) >= 11 is 0. The van der Waals surface area contributed by atoms with Gasteiger partial charge >= 0.3 is 0 Å². The molecule has 0 radical (unpaired) electrons. The molecule has 0 amide bonds. The van der Waals surface area contributed by atoms with Gasteiger partial charge in [0.15, 0.2) is 0 Å². The van der Waals surface area contributed by atoms with Gasteiger partial charge in [0, 0.05) is 36.3 Å². The van der Waals surface area contributed by atoms with Crippen molar-refractivity contribution in [2.45, 2.75) is 26.3 Å². The van der Waals surface area contributed by atoms with Gasteiger partial charge in [0.05, 0.1) is 5.69 Å². The van der Waals surface area contributed by atoms with Crippen LogP contribution in [-0.2, 0) is 6.54 Å². The summed E-state index contributed by atoms with van der Waals surface area (Å²) in [7, 11) is 0. The molecule has 0 atom stereocenters. The van der Waals surface area contributed by atoms with E-state index in [1.165, 1.54) is 6.42 Å². The summed E-state index contributed by atoms with van der Waals surface area (Å²) in [6, 6.07) is 10.4. The topological polar surface area (TPSA) is 43.6 Å². The Kier molecular flexibility index (Phi) is 4.05. The van der Waals surface area contributed by atoms with Crippen LogP contribution in [-0.4, -0.2) is 19.7 Å². The second kappa shape index (κ2) is 6.31. The molecule has 0 unspecified atom stereocenters. The number of aryl methyl sites for hydroxylation is 1. The van der Waals surface area contributed by atoms with Crippen LogP contribution in [0.2, 0.25) is 0 Å². The third-order valence-electron chi connectivity index (χ3n) is 3.43. The Balaban J connectivity index is 1.88. The molecule has 0 fully saturated rings. The molecule has 3 aromatic rings. The molecule has 0 N–H and O–H groups in total. The lowest BCUT2D eigenvalue weighted by molar-refractivity contribution is 0.573. The van der Waals surface area contributed by atoms with Crippen molar-refractivity contribution in [3.63, 3.8) is 0 Å². The van der Waals surface area contributed by atoms with Gasteiger partial charge in [-0.3, -0.25) is 4.68 Å². The molecular weight excluding hydrogens is 260 g/mol. The lowest BCUT2D eigenvalue weighted by atomic mass is 10.0. The summed E-state index contributed by atoms with van der Waals surface area (Å²) < 4.78 is 2.01. The zero-order valence-corrected chi connectivity index (χ0v) is 12.1. The van der Waals surface area contributed by atoms with Crippen molar-refractivity contribution >= 4 is 0 Å². The maximum Gasteiger partial charge on any atom is 0.115 e. The number of unbranched alkanes of at least 4 members (excludes halogenated alkanes) is 1. The molecule has 0 aliphatic rings. The number of hydrogen-bond acceptors (Lipinski definition) is 3. The first-order valence-electron chi connectivity index (χ1n) is 7.26. The zero-order chi connectivity index (χ0) is 14.5. The highest BCUT2D eigenvalue weighted by Gasteiger charge is 2.05. The van der Waals surface area contributed by atoms with E-state index < -0.39 is 0 Å². The Bertz CT molecular complexity index is 704. The molecule has 0 aliphatic heterocycles. The predicted molar refractivity (Wildman–Crippen MR) is 83.6 cm³/mol. The van der Waals surface area contributed by atoms with Gasteiger partial charge in [0.2, 0.25) is 0 Å². The molecule has 0 aliphatic carbocycles. The summed E-state index contributed by atoms with van der Waals surface area (Å²) in [4.78, 5) is 8.14. The van der Waals surface area contributed by atoms with Crippen LogP contribution < -0.4 is 0 Å². The minimum absolute atomic E-state index is 0.975. The highest BCUT2D eigenvalue weighted by atomic mass is 15.3. The average Bonchev–Trinajstić information content (AvgIpc) is 3.03. The van der Waals surface area contributed by atoms with Gasteiger partial charge in [0.25, 0.3) is 0 Å². The summed E-state index contributed by atoms with van der Waals surface area (Å²) in [5, 5.41) is 4.64. The fourth-order valence-corrected chi connectivity index (χ4v) is 2.27.